The van der Waals surface area contributed by atoms with E-state index in [1.54, 1.807) is 0 Å². The number of aliphatic hydroxyl groups is 1. The Hall–Kier alpha value is -1.09. The van der Waals surface area contributed by atoms with Crippen LogP contribution in [0.4, 0.5) is 0 Å². The molecule has 0 aliphatic carbocycles. The zero-order chi connectivity index (χ0) is 25.6. The van der Waals surface area contributed by atoms with Crippen molar-refractivity contribution in [2.24, 2.45) is 0 Å². The van der Waals surface area contributed by atoms with Crippen LogP contribution in [0, 0.1) is 0 Å². The Morgan fingerprint density at radius 3 is 2.00 bits per heavy atom. The molecule has 0 spiro atoms. The molecular weight excluding hydrogens is 472 g/mol. The van der Waals surface area contributed by atoms with E-state index in [0.717, 1.165) is 0 Å². The monoisotopic (exact) mass is 514 g/mol. The highest BCUT2D eigenvalue weighted by molar-refractivity contribution is 6.83. The summed E-state index contributed by atoms with van der Waals surface area (Å²) in [6.45, 7) is 19.1. The van der Waals surface area contributed by atoms with Crippen molar-refractivity contribution in [3.8, 4) is 0 Å². The maximum absolute atomic E-state index is 12.8. The van der Waals surface area contributed by atoms with Crippen molar-refractivity contribution >= 4 is 17.1 Å². The Morgan fingerprint density at radius 1 is 0.941 bits per heavy atom. The van der Waals surface area contributed by atoms with Gasteiger partial charge in [-0.1, -0.05) is 55.4 Å². The Morgan fingerprint density at radius 2 is 1.50 bits per heavy atom. The van der Waals surface area contributed by atoms with Gasteiger partial charge in [0.1, 0.15) is 12.3 Å². The number of H-pyrrole nitrogens is 1. The minimum atomic E-state index is -2.79. The van der Waals surface area contributed by atoms with Crippen LogP contribution in [-0.4, -0.2) is 50.6 Å². The molecule has 9 nitrogen and oxygen atoms in total. The summed E-state index contributed by atoms with van der Waals surface area (Å²) in [5, 5.41) is 10.3. The van der Waals surface area contributed by atoms with Gasteiger partial charge in [-0.15, -0.1) is 0 Å². The minimum absolute atomic E-state index is 0.183. The third-order valence-electron chi connectivity index (χ3n) is 7.25. The van der Waals surface area contributed by atoms with Gasteiger partial charge in [-0.2, -0.15) is 0 Å². The lowest BCUT2D eigenvalue weighted by Gasteiger charge is -2.51. The summed E-state index contributed by atoms with van der Waals surface area (Å²) < 4.78 is 28.6. The number of hydrogen-bond donors (Lipinski definition) is 2. The van der Waals surface area contributed by atoms with Crippen LogP contribution in [0.15, 0.2) is 15.7 Å². The first kappa shape index (κ1) is 27.5. The van der Waals surface area contributed by atoms with Crippen LogP contribution in [0.2, 0.25) is 22.2 Å². The lowest BCUT2D eigenvalue weighted by molar-refractivity contribution is -0.0585. The van der Waals surface area contributed by atoms with E-state index in [1.807, 2.05) is 0 Å². The topological polar surface area (TPSA) is 112 Å². The molecule has 2 aliphatic heterocycles. The maximum Gasteiger partial charge on any atom is 0.335 e. The number of ether oxygens (including phenoxy) is 1. The summed E-state index contributed by atoms with van der Waals surface area (Å²) in [5.41, 5.74) is -0.136. The number of fused-ring (bicyclic) bond motifs is 1. The standard InChI is InChI=1S/C23H42N2O7Si2/c1-13(2)33(14(3)4)29-12-20-19(31-34(32-33,15(5)6)16(7)8)11-22(30-20)25-18(17(9)26)10-21(27)24-23(25)28/h10,13-17,19-20,22,26H,11-12H2,1-9H3,(H,24,27,28)/t17-,19-,20+,22+/m0/s1. The molecule has 2 saturated heterocycles. The molecule has 2 fully saturated rings. The molecule has 1 aromatic heterocycles. The molecule has 194 valence electrons. The minimum Gasteiger partial charge on any atom is -0.414 e. The van der Waals surface area contributed by atoms with Gasteiger partial charge >= 0.3 is 22.8 Å². The average Bonchev–Trinajstić information content (AvgIpc) is 3.08. The molecule has 4 atom stereocenters. The number of aromatic nitrogens is 2. The maximum atomic E-state index is 12.8. The fraction of sp³-hybridized carbons (Fsp3) is 0.826. The second-order valence-electron chi connectivity index (χ2n) is 10.9. The molecule has 1 aromatic rings. The zero-order valence-electron chi connectivity index (χ0n) is 22.0. The van der Waals surface area contributed by atoms with Crippen molar-refractivity contribution < 1.29 is 22.8 Å². The molecule has 0 amide bonds. The number of nitrogens with one attached hydrogen (secondary N) is 1. The smallest absolute Gasteiger partial charge is 0.335 e. The molecular formula is C23H42N2O7Si2. The van der Waals surface area contributed by atoms with E-state index < -0.39 is 40.7 Å². The number of aromatic amines is 1. The van der Waals surface area contributed by atoms with Gasteiger partial charge in [0.2, 0.25) is 0 Å². The summed E-state index contributed by atoms with van der Waals surface area (Å²) in [7, 11) is -5.48. The summed E-state index contributed by atoms with van der Waals surface area (Å²) in [4.78, 5) is 26.9. The summed E-state index contributed by atoms with van der Waals surface area (Å²) in [6, 6.07) is 1.24. The number of aliphatic hydroxyl groups excluding tert-OH is 1. The van der Waals surface area contributed by atoms with Crippen LogP contribution in [0.1, 0.15) is 86.8 Å². The summed E-state index contributed by atoms with van der Waals surface area (Å²) in [5.74, 6) is 0. The predicted molar refractivity (Wildman–Crippen MR) is 134 cm³/mol. The van der Waals surface area contributed by atoms with Crippen molar-refractivity contribution in [2.75, 3.05) is 6.61 Å². The van der Waals surface area contributed by atoms with Gasteiger partial charge in [0.05, 0.1) is 24.5 Å². The largest absolute Gasteiger partial charge is 0.414 e. The fourth-order valence-corrected chi connectivity index (χ4v) is 16.7. The molecule has 3 rings (SSSR count). The van der Waals surface area contributed by atoms with Gasteiger partial charge in [0, 0.05) is 12.5 Å². The highest BCUT2D eigenvalue weighted by Crippen LogP contribution is 2.48. The molecule has 2 aliphatic rings. The molecule has 11 heteroatoms. The van der Waals surface area contributed by atoms with Gasteiger partial charge < -0.3 is 22.8 Å². The number of nitrogens with zero attached hydrogens (tertiary/aromatic N) is 1. The highest BCUT2D eigenvalue weighted by atomic mass is 28.5. The van der Waals surface area contributed by atoms with Crippen molar-refractivity contribution in [1.29, 1.82) is 0 Å². The van der Waals surface area contributed by atoms with Crippen molar-refractivity contribution in [1.82, 2.24) is 9.55 Å². The lowest BCUT2D eigenvalue weighted by atomic mass is 10.2. The van der Waals surface area contributed by atoms with Gasteiger partial charge in [-0.25, -0.2) is 4.79 Å². The van der Waals surface area contributed by atoms with Crippen LogP contribution in [0.5, 0.6) is 0 Å². The number of rotatable bonds is 6. The first-order chi connectivity index (χ1) is 15.7. The third kappa shape index (κ3) is 4.80. The third-order valence-corrected chi connectivity index (χ3v) is 17.5. The molecule has 0 radical (unpaired) electrons. The Labute approximate surface area is 204 Å². The Kier molecular flexibility index (Phi) is 8.18. The molecule has 0 bridgehead atoms. The molecule has 3 heterocycles. The zero-order valence-corrected chi connectivity index (χ0v) is 24.0. The number of hydrogen-bond acceptors (Lipinski definition) is 7. The van der Waals surface area contributed by atoms with E-state index in [2.05, 4.69) is 60.4 Å². The normalized spacial score (nSPS) is 27.8. The second-order valence-corrected chi connectivity index (χ2v) is 19.8. The Balaban J connectivity index is 2.08. The highest BCUT2D eigenvalue weighted by Gasteiger charge is 2.60. The van der Waals surface area contributed by atoms with Crippen LogP contribution in [0.3, 0.4) is 0 Å². The van der Waals surface area contributed by atoms with E-state index in [1.165, 1.54) is 17.6 Å². The van der Waals surface area contributed by atoms with Crippen LogP contribution >= 0.6 is 0 Å². The van der Waals surface area contributed by atoms with E-state index in [0.29, 0.717) is 13.0 Å². The predicted octanol–water partition coefficient (Wildman–Crippen LogP) is 3.83. The van der Waals surface area contributed by atoms with Gasteiger partial charge in [-0.05, 0) is 29.1 Å². The SMILES string of the molecule is CC(C)[Si]1(C(C)C)OC[C@H]2O[C@@H](n3c([C@H](C)O)cc(=O)[nH]c3=O)C[C@@H]2O[Si](C(C)C)(C(C)C)O1. The van der Waals surface area contributed by atoms with Crippen molar-refractivity contribution in [3.63, 3.8) is 0 Å². The van der Waals surface area contributed by atoms with Crippen LogP contribution in [0.25, 0.3) is 0 Å². The Bertz CT molecular complexity index is 957. The molecule has 34 heavy (non-hydrogen) atoms. The van der Waals surface area contributed by atoms with Gasteiger partial charge in [0.25, 0.3) is 5.56 Å². The first-order valence-corrected chi connectivity index (χ1v) is 16.4. The van der Waals surface area contributed by atoms with Gasteiger partial charge in [0.15, 0.2) is 0 Å². The van der Waals surface area contributed by atoms with E-state index in [-0.39, 0.29) is 40.1 Å². The molecule has 0 saturated carbocycles. The molecule has 0 unspecified atom stereocenters. The van der Waals surface area contributed by atoms with Gasteiger partial charge in [-0.3, -0.25) is 14.3 Å². The van der Waals surface area contributed by atoms with E-state index in [4.69, 9.17) is 17.7 Å². The van der Waals surface area contributed by atoms with Crippen LogP contribution in [-0.2, 0) is 17.7 Å². The fourth-order valence-electron chi connectivity index (χ4n) is 5.44. The van der Waals surface area contributed by atoms with Crippen molar-refractivity contribution in [3.05, 3.63) is 32.6 Å². The lowest BCUT2D eigenvalue weighted by Crippen LogP contribution is -2.65. The quantitative estimate of drug-likeness (QED) is 0.555. The summed E-state index contributed by atoms with van der Waals surface area (Å²) >= 11 is 0. The molecule has 0 aromatic carbocycles. The summed E-state index contributed by atoms with van der Waals surface area (Å²) in [6.07, 6.45) is -2.01. The van der Waals surface area contributed by atoms with Crippen LogP contribution < -0.4 is 11.2 Å². The second kappa shape index (κ2) is 10.1. The van der Waals surface area contributed by atoms with E-state index >= 15 is 0 Å². The van der Waals surface area contributed by atoms with Crippen molar-refractivity contribution in [2.45, 2.75) is 115 Å². The first-order valence-electron chi connectivity index (χ1n) is 12.5. The average molecular weight is 515 g/mol. The molecule has 2 N–H and O–H groups in total. The van der Waals surface area contributed by atoms with E-state index in [9.17, 15) is 14.7 Å².